The van der Waals surface area contributed by atoms with Crippen molar-refractivity contribution < 1.29 is 4.39 Å². The van der Waals surface area contributed by atoms with Crippen LogP contribution >= 0.6 is 0 Å². The van der Waals surface area contributed by atoms with Gasteiger partial charge >= 0.3 is 0 Å². The van der Waals surface area contributed by atoms with Gasteiger partial charge in [0, 0.05) is 49.9 Å². The van der Waals surface area contributed by atoms with Crippen molar-refractivity contribution in [1.82, 2.24) is 14.4 Å². The first-order chi connectivity index (χ1) is 10.6. The topological polar surface area (TPSA) is 11.4 Å². The third kappa shape index (κ3) is 3.03. The lowest BCUT2D eigenvalue weighted by molar-refractivity contribution is 0.153. The van der Waals surface area contributed by atoms with Crippen molar-refractivity contribution in [2.24, 2.45) is 7.05 Å². The van der Waals surface area contributed by atoms with Gasteiger partial charge in [-0.15, -0.1) is 0 Å². The fraction of sp³-hybridized carbons (Fsp3) is 0.556. The molecular formula is C18H26FN3. The molecule has 0 saturated carbocycles. The molecule has 2 aromatic rings. The summed E-state index contributed by atoms with van der Waals surface area (Å²) in [4.78, 5) is 4.94. The number of hydrogen-bond acceptors (Lipinski definition) is 2. The Hall–Kier alpha value is -1.39. The van der Waals surface area contributed by atoms with Crippen LogP contribution in [-0.4, -0.2) is 54.1 Å². The summed E-state index contributed by atoms with van der Waals surface area (Å²) in [5.74, 6) is -0.113. The van der Waals surface area contributed by atoms with E-state index in [-0.39, 0.29) is 5.82 Å². The van der Waals surface area contributed by atoms with Gasteiger partial charge in [-0.25, -0.2) is 4.39 Å². The maximum absolute atomic E-state index is 13.7. The molecule has 3 nitrogen and oxygen atoms in total. The van der Waals surface area contributed by atoms with E-state index in [2.05, 4.69) is 34.5 Å². The first kappa shape index (κ1) is 15.5. The van der Waals surface area contributed by atoms with Crippen LogP contribution in [0.3, 0.4) is 0 Å². The third-order valence-electron chi connectivity index (χ3n) is 4.99. The molecule has 2 heterocycles. The van der Waals surface area contributed by atoms with Crippen LogP contribution in [0.4, 0.5) is 4.39 Å². The standard InChI is InChI=1S/C18H26FN3/c1-14-17(19)7-6-15-13-16(21(3)18(14)15)5-4-8-22-11-9-20(2)10-12-22/h6-7,13H,4-5,8-12H2,1-3H3. The number of piperazine rings is 1. The summed E-state index contributed by atoms with van der Waals surface area (Å²) < 4.78 is 15.9. The van der Waals surface area contributed by atoms with Gasteiger partial charge in [-0.3, -0.25) is 0 Å². The number of hydrogen-bond donors (Lipinski definition) is 0. The number of nitrogens with zero attached hydrogens (tertiary/aromatic N) is 3. The molecule has 0 atom stereocenters. The van der Waals surface area contributed by atoms with Crippen LogP contribution in [0.25, 0.3) is 10.9 Å². The molecule has 22 heavy (non-hydrogen) atoms. The number of benzene rings is 1. The van der Waals surface area contributed by atoms with Crippen LogP contribution in [0.15, 0.2) is 18.2 Å². The van der Waals surface area contributed by atoms with E-state index in [1.54, 1.807) is 6.07 Å². The van der Waals surface area contributed by atoms with Gasteiger partial charge in [0.1, 0.15) is 5.82 Å². The van der Waals surface area contributed by atoms with Gasteiger partial charge in [0.25, 0.3) is 0 Å². The Kier molecular flexibility index (Phi) is 4.50. The van der Waals surface area contributed by atoms with E-state index in [9.17, 15) is 4.39 Å². The van der Waals surface area contributed by atoms with Gasteiger partial charge in [-0.05, 0) is 51.6 Å². The number of aryl methyl sites for hydroxylation is 3. The molecule has 1 aliphatic rings. The van der Waals surface area contributed by atoms with E-state index in [1.807, 2.05) is 13.0 Å². The third-order valence-corrected chi connectivity index (χ3v) is 4.99. The van der Waals surface area contributed by atoms with E-state index in [1.165, 1.54) is 31.9 Å². The fourth-order valence-corrected chi connectivity index (χ4v) is 3.47. The van der Waals surface area contributed by atoms with Crippen LogP contribution in [0, 0.1) is 12.7 Å². The molecule has 0 unspecified atom stereocenters. The average Bonchev–Trinajstić information content (AvgIpc) is 2.82. The minimum absolute atomic E-state index is 0.113. The quantitative estimate of drug-likeness (QED) is 0.860. The van der Waals surface area contributed by atoms with Crippen LogP contribution in [0.2, 0.25) is 0 Å². The number of aromatic nitrogens is 1. The van der Waals surface area contributed by atoms with Crippen LogP contribution in [0.5, 0.6) is 0 Å². The SMILES string of the molecule is Cc1c(F)ccc2cc(CCCN3CCN(C)CC3)n(C)c12. The van der Waals surface area contributed by atoms with Gasteiger partial charge in [-0.2, -0.15) is 0 Å². The van der Waals surface area contributed by atoms with Crippen molar-refractivity contribution in [3.8, 4) is 0 Å². The second kappa shape index (κ2) is 6.39. The molecule has 1 aromatic heterocycles. The van der Waals surface area contributed by atoms with Crippen molar-refractivity contribution in [1.29, 1.82) is 0 Å². The Morgan fingerprint density at radius 3 is 2.55 bits per heavy atom. The summed E-state index contributed by atoms with van der Waals surface area (Å²) in [6.45, 7) is 7.72. The number of fused-ring (bicyclic) bond motifs is 1. The van der Waals surface area contributed by atoms with Crippen LogP contribution < -0.4 is 0 Å². The molecule has 120 valence electrons. The zero-order valence-corrected chi connectivity index (χ0v) is 13.9. The average molecular weight is 303 g/mol. The minimum Gasteiger partial charge on any atom is -0.347 e. The predicted octanol–water partition coefficient (Wildman–Crippen LogP) is 2.81. The second-order valence-corrected chi connectivity index (χ2v) is 6.55. The molecule has 0 amide bonds. The zero-order chi connectivity index (χ0) is 15.7. The minimum atomic E-state index is -0.113. The lowest BCUT2D eigenvalue weighted by Gasteiger charge is -2.32. The lowest BCUT2D eigenvalue weighted by atomic mass is 10.1. The Labute approximate surface area is 132 Å². The van der Waals surface area contributed by atoms with E-state index in [4.69, 9.17) is 0 Å². The van der Waals surface area contributed by atoms with Gasteiger partial charge in [-0.1, -0.05) is 0 Å². The van der Waals surface area contributed by atoms with Crippen LogP contribution in [0.1, 0.15) is 17.7 Å². The smallest absolute Gasteiger partial charge is 0.128 e. The molecule has 4 heteroatoms. The molecule has 3 rings (SSSR count). The molecule has 0 N–H and O–H groups in total. The monoisotopic (exact) mass is 303 g/mol. The Morgan fingerprint density at radius 1 is 1.09 bits per heavy atom. The first-order valence-electron chi connectivity index (χ1n) is 8.20. The molecule has 0 aliphatic carbocycles. The normalized spacial score (nSPS) is 17.5. The Morgan fingerprint density at radius 2 is 1.82 bits per heavy atom. The molecule has 1 aromatic carbocycles. The molecule has 0 radical (unpaired) electrons. The summed E-state index contributed by atoms with van der Waals surface area (Å²) in [5.41, 5.74) is 3.10. The molecule has 1 fully saturated rings. The van der Waals surface area contributed by atoms with E-state index in [0.717, 1.165) is 35.9 Å². The number of rotatable bonds is 4. The molecule has 1 saturated heterocycles. The van der Waals surface area contributed by atoms with E-state index in [0.29, 0.717) is 0 Å². The lowest BCUT2D eigenvalue weighted by Crippen LogP contribution is -2.44. The molecule has 0 bridgehead atoms. The molecule has 0 spiro atoms. The maximum Gasteiger partial charge on any atom is 0.128 e. The highest BCUT2D eigenvalue weighted by atomic mass is 19.1. The van der Waals surface area contributed by atoms with Crippen molar-refractivity contribution in [2.75, 3.05) is 39.8 Å². The summed E-state index contributed by atoms with van der Waals surface area (Å²) in [5, 5.41) is 1.15. The first-order valence-corrected chi connectivity index (χ1v) is 8.20. The van der Waals surface area contributed by atoms with Gasteiger partial charge < -0.3 is 14.4 Å². The van der Waals surface area contributed by atoms with Crippen LogP contribution in [-0.2, 0) is 13.5 Å². The highest BCUT2D eigenvalue weighted by Gasteiger charge is 2.14. The van der Waals surface area contributed by atoms with Gasteiger partial charge in [0.05, 0.1) is 5.52 Å². The number of halogens is 1. The van der Waals surface area contributed by atoms with Crippen molar-refractivity contribution >= 4 is 10.9 Å². The summed E-state index contributed by atoms with van der Waals surface area (Å²) in [6, 6.07) is 5.68. The highest BCUT2D eigenvalue weighted by molar-refractivity contribution is 5.84. The van der Waals surface area contributed by atoms with Gasteiger partial charge in [0.2, 0.25) is 0 Å². The fourth-order valence-electron chi connectivity index (χ4n) is 3.47. The maximum atomic E-state index is 13.7. The Balaban J connectivity index is 1.65. The highest BCUT2D eigenvalue weighted by Crippen LogP contribution is 2.25. The summed E-state index contributed by atoms with van der Waals surface area (Å²) in [7, 11) is 4.24. The Bertz CT molecular complexity index is 654. The van der Waals surface area contributed by atoms with E-state index >= 15 is 0 Å². The summed E-state index contributed by atoms with van der Waals surface area (Å²) in [6.07, 6.45) is 2.22. The summed E-state index contributed by atoms with van der Waals surface area (Å²) >= 11 is 0. The second-order valence-electron chi connectivity index (χ2n) is 6.55. The predicted molar refractivity (Wildman–Crippen MR) is 89.9 cm³/mol. The van der Waals surface area contributed by atoms with Crippen molar-refractivity contribution in [3.63, 3.8) is 0 Å². The zero-order valence-electron chi connectivity index (χ0n) is 13.9. The largest absolute Gasteiger partial charge is 0.347 e. The van der Waals surface area contributed by atoms with Crippen molar-refractivity contribution in [2.45, 2.75) is 19.8 Å². The van der Waals surface area contributed by atoms with Gasteiger partial charge in [0.15, 0.2) is 0 Å². The molecule has 1 aliphatic heterocycles. The number of likely N-dealkylation sites (N-methyl/N-ethyl adjacent to an activating group) is 1. The van der Waals surface area contributed by atoms with Crippen molar-refractivity contribution in [3.05, 3.63) is 35.3 Å². The molecular weight excluding hydrogens is 277 g/mol. The van der Waals surface area contributed by atoms with E-state index < -0.39 is 0 Å².